The number of esters is 2. The van der Waals surface area contributed by atoms with Gasteiger partial charge in [-0.2, -0.15) is 19.6 Å². The molecule has 0 bridgehead atoms. The number of benzene rings is 4. The number of non-ortho nitro benzene ring substituents is 2. The van der Waals surface area contributed by atoms with Crippen LogP contribution in [0.2, 0.25) is 0 Å². The van der Waals surface area contributed by atoms with Crippen LogP contribution in [0.25, 0.3) is 11.4 Å². The van der Waals surface area contributed by atoms with Gasteiger partial charge in [-0.25, -0.2) is 26.4 Å². The minimum absolute atomic E-state index is 0. The molecule has 27 heteroatoms. The van der Waals surface area contributed by atoms with Gasteiger partial charge in [0.15, 0.2) is 31.1 Å². The molecule has 0 saturated heterocycles. The van der Waals surface area contributed by atoms with Gasteiger partial charge < -0.3 is 29.9 Å². The number of carbonyl (C=O) groups excluding carboxylic acids is 2. The third-order valence-electron chi connectivity index (χ3n) is 8.76. The van der Waals surface area contributed by atoms with E-state index in [-0.39, 0.29) is 108 Å². The Kier molecular flexibility index (Phi) is 16.4. The Hall–Kier alpha value is -8.01. The molecule has 0 amide bonds. The molecule has 1 radical (unpaired) electrons. The molecule has 67 heavy (non-hydrogen) atoms. The number of nitro benzene ring substituents is 2. The first-order valence-electron chi connectivity index (χ1n) is 18.7. The number of aromatic nitrogens is 4. The number of aliphatic imine (C=N–C) groups is 2. The standard InChI is InChI=1S/2C20H18N4O8S.Co/c2*1-3-32-20(27)18-15(11-21-16-10-14(33(2,30)31)8-9-17(16)25)19(26)23(22-18)12-4-6-13(7-5-12)24(28)29;/h2*4-11,25-26H,3H2,1-2H3;. The Labute approximate surface area is 389 Å². The molecular formula is C40H36CoN8O16S2. The van der Waals surface area contributed by atoms with Gasteiger partial charge in [-0.3, -0.25) is 30.2 Å². The van der Waals surface area contributed by atoms with Crippen LogP contribution < -0.4 is 0 Å². The van der Waals surface area contributed by atoms with Crippen molar-refractivity contribution in [1.82, 2.24) is 19.6 Å². The summed E-state index contributed by atoms with van der Waals surface area (Å²) in [5, 5.41) is 71.3. The molecule has 353 valence electrons. The quantitative estimate of drug-likeness (QED) is 0.0480. The molecule has 4 aromatic carbocycles. The first-order chi connectivity index (χ1) is 31.0. The topological polar surface area (TPSA) is 348 Å². The number of rotatable bonds is 14. The summed E-state index contributed by atoms with van der Waals surface area (Å²) < 4.78 is 58.9. The molecule has 4 N–H and O–H groups in total. The number of hydrogen-bond donors (Lipinski definition) is 4. The number of hydrogen-bond acceptors (Lipinski definition) is 20. The van der Waals surface area contributed by atoms with Crippen LogP contribution >= 0.6 is 0 Å². The van der Waals surface area contributed by atoms with E-state index >= 15 is 0 Å². The molecule has 0 fully saturated rings. The van der Waals surface area contributed by atoms with Crippen LogP contribution in [0.4, 0.5) is 22.7 Å². The van der Waals surface area contributed by atoms with Gasteiger partial charge in [0.05, 0.1) is 55.4 Å². The zero-order chi connectivity index (χ0) is 48.7. The van der Waals surface area contributed by atoms with E-state index in [1.807, 2.05) is 0 Å². The zero-order valence-corrected chi connectivity index (χ0v) is 37.7. The molecule has 6 rings (SSSR count). The summed E-state index contributed by atoms with van der Waals surface area (Å²) in [5.74, 6) is -3.48. The number of nitro groups is 2. The van der Waals surface area contributed by atoms with Crippen LogP contribution in [0.15, 0.2) is 105 Å². The predicted molar refractivity (Wildman–Crippen MR) is 233 cm³/mol. The van der Waals surface area contributed by atoms with E-state index in [0.717, 1.165) is 58.6 Å². The third kappa shape index (κ3) is 12.2. The number of phenolic OH excluding ortho intramolecular Hbond substituents is 2. The van der Waals surface area contributed by atoms with Gasteiger partial charge in [-0.1, -0.05) is 0 Å². The monoisotopic (exact) mass is 1010 g/mol. The van der Waals surface area contributed by atoms with E-state index in [9.17, 15) is 67.1 Å². The second kappa shape index (κ2) is 21.3. The van der Waals surface area contributed by atoms with Crippen molar-refractivity contribution in [2.24, 2.45) is 9.98 Å². The number of phenols is 2. The number of sulfone groups is 2. The largest absolute Gasteiger partial charge is 0.506 e. The van der Waals surface area contributed by atoms with Crippen LogP contribution in [0, 0.1) is 20.2 Å². The van der Waals surface area contributed by atoms with Crippen molar-refractivity contribution < 1.29 is 82.9 Å². The summed E-state index contributed by atoms with van der Waals surface area (Å²) in [5.41, 5.74) is -1.16. The molecule has 2 aromatic heterocycles. The number of carbonyl (C=O) groups is 2. The van der Waals surface area contributed by atoms with E-state index in [1.165, 1.54) is 60.7 Å². The molecule has 0 spiro atoms. The summed E-state index contributed by atoms with van der Waals surface area (Å²) in [6.45, 7) is 3.21. The molecule has 2 heterocycles. The van der Waals surface area contributed by atoms with Gasteiger partial charge in [0.1, 0.15) is 22.9 Å². The summed E-state index contributed by atoms with van der Waals surface area (Å²) >= 11 is 0. The summed E-state index contributed by atoms with van der Waals surface area (Å²) in [7, 11) is -7.15. The Balaban J connectivity index is 0.000000288. The maximum Gasteiger partial charge on any atom is 0.359 e. The minimum atomic E-state index is -3.58. The summed E-state index contributed by atoms with van der Waals surface area (Å²) in [4.78, 5) is 53.1. The summed E-state index contributed by atoms with van der Waals surface area (Å²) in [6.07, 6.45) is 4.03. The van der Waals surface area contributed by atoms with Crippen LogP contribution in [0.5, 0.6) is 23.3 Å². The average Bonchev–Trinajstić information content (AvgIpc) is 3.78. The van der Waals surface area contributed by atoms with Crippen molar-refractivity contribution in [1.29, 1.82) is 0 Å². The van der Waals surface area contributed by atoms with Gasteiger partial charge in [0, 0.05) is 66.0 Å². The number of nitrogens with zero attached hydrogens (tertiary/aromatic N) is 8. The smallest absolute Gasteiger partial charge is 0.359 e. The van der Waals surface area contributed by atoms with E-state index < -0.39 is 53.2 Å². The fraction of sp³-hybridized carbons (Fsp3) is 0.150. The fourth-order valence-electron chi connectivity index (χ4n) is 5.51. The molecule has 0 atom stereocenters. The van der Waals surface area contributed by atoms with Gasteiger partial charge in [-0.05, 0) is 74.5 Å². The van der Waals surface area contributed by atoms with E-state index in [4.69, 9.17) is 9.47 Å². The zero-order valence-electron chi connectivity index (χ0n) is 35.1. The van der Waals surface area contributed by atoms with Crippen molar-refractivity contribution >= 4 is 66.8 Å². The fourth-order valence-corrected chi connectivity index (χ4v) is 6.80. The predicted octanol–water partition coefficient (Wildman–Crippen LogP) is 5.04. The molecule has 0 aliphatic rings. The Morgan fingerprint density at radius 3 is 1.24 bits per heavy atom. The maximum atomic E-state index is 12.4. The Morgan fingerprint density at radius 2 is 0.955 bits per heavy atom. The molecule has 0 aliphatic heterocycles. The van der Waals surface area contributed by atoms with E-state index in [0.29, 0.717) is 0 Å². The number of ether oxygens (including phenoxy) is 2. The number of aromatic hydroxyl groups is 4. The average molecular weight is 1010 g/mol. The maximum absolute atomic E-state index is 12.4. The van der Waals surface area contributed by atoms with Crippen LogP contribution in [0.3, 0.4) is 0 Å². The van der Waals surface area contributed by atoms with Crippen molar-refractivity contribution in [3.63, 3.8) is 0 Å². The van der Waals surface area contributed by atoms with Crippen LogP contribution in [0.1, 0.15) is 46.0 Å². The van der Waals surface area contributed by atoms with Crippen LogP contribution in [-0.4, -0.2) is 117 Å². The van der Waals surface area contributed by atoms with Gasteiger partial charge >= 0.3 is 11.9 Å². The molecule has 0 aliphatic carbocycles. The normalized spacial score (nSPS) is 11.4. The third-order valence-corrected chi connectivity index (χ3v) is 11.0. The molecule has 0 saturated carbocycles. The molecule has 6 aromatic rings. The van der Waals surface area contributed by atoms with E-state index in [2.05, 4.69) is 20.2 Å². The van der Waals surface area contributed by atoms with Crippen molar-refractivity contribution in [2.45, 2.75) is 23.6 Å². The van der Waals surface area contributed by atoms with Crippen LogP contribution in [-0.2, 0) is 45.9 Å². The minimum Gasteiger partial charge on any atom is -0.506 e. The first-order valence-corrected chi connectivity index (χ1v) is 22.5. The summed E-state index contributed by atoms with van der Waals surface area (Å²) in [6, 6.07) is 17.0. The first kappa shape index (κ1) is 51.6. The molecule has 0 unspecified atom stereocenters. The molecular weight excluding hydrogens is 972 g/mol. The Bertz CT molecular complexity index is 2940. The van der Waals surface area contributed by atoms with Gasteiger partial charge in [-0.15, -0.1) is 0 Å². The van der Waals surface area contributed by atoms with E-state index in [1.54, 1.807) is 13.8 Å². The Morgan fingerprint density at radius 1 is 0.627 bits per heavy atom. The van der Waals surface area contributed by atoms with Gasteiger partial charge in [0.2, 0.25) is 11.8 Å². The van der Waals surface area contributed by atoms with Crippen molar-refractivity contribution in [2.75, 3.05) is 25.7 Å². The van der Waals surface area contributed by atoms with Gasteiger partial charge in [0.25, 0.3) is 11.4 Å². The SMILES string of the molecule is CCOC(=O)c1nn(-c2ccc([N+](=O)[O-])cc2)c(O)c1C=Nc1cc(S(C)(=O)=O)ccc1O.CCOC(=O)c1nn(-c2ccc([N+](=O)[O-])cc2)c(O)c1C=Nc1cc(S(C)(=O)=O)ccc1O.[Co]. The second-order valence-corrected chi connectivity index (χ2v) is 17.4. The van der Waals surface area contributed by atoms with Crippen molar-refractivity contribution in [3.8, 4) is 34.6 Å². The second-order valence-electron chi connectivity index (χ2n) is 13.3. The van der Waals surface area contributed by atoms with Crippen molar-refractivity contribution in [3.05, 3.63) is 128 Å². The molecule has 24 nitrogen and oxygen atoms in total.